The molecule has 16 heavy (non-hydrogen) atoms. The highest BCUT2D eigenvalue weighted by Gasteiger charge is 2.03. The monoisotopic (exact) mass is 279 g/mol. The molecular formula is C11H10BrN3O. The number of halogens is 1. The van der Waals surface area contributed by atoms with Crippen molar-refractivity contribution in [1.29, 1.82) is 0 Å². The minimum absolute atomic E-state index is 0.334. The summed E-state index contributed by atoms with van der Waals surface area (Å²) in [7, 11) is 0. The highest BCUT2D eigenvalue weighted by molar-refractivity contribution is 9.08. The second-order valence-corrected chi connectivity index (χ2v) is 3.76. The molecule has 2 rings (SSSR count). The summed E-state index contributed by atoms with van der Waals surface area (Å²) in [6.07, 6.45) is 5.17. The van der Waals surface area contributed by atoms with Crippen LogP contribution in [0.25, 0.3) is 0 Å². The van der Waals surface area contributed by atoms with Crippen molar-refractivity contribution in [3.05, 3.63) is 42.0 Å². The number of nitrogens with zero attached hydrogens (tertiary/aromatic N) is 3. The number of alkyl halides is 1. The number of pyridine rings is 1. The fraction of sp³-hybridized carbons (Fsp3) is 0.182. The smallest absolute Gasteiger partial charge is 0.321 e. The molecule has 0 aliphatic heterocycles. The molecule has 0 N–H and O–H groups in total. The van der Waals surface area contributed by atoms with E-state index in [1.807, 2.05) is 19.1 Å². The first-order valence-corrected chi connectivity index (χ1v) is 5.88. The number of aryl methyl sites for hydroxylation is 1. The molecule has 2 heterocycles. The van der Waals surface area contributed by atoms with E-state index in [1.165, 1.54) is 0 Å². The zero-order chi connectivity index (χ0) is 11.4. The van der Waals surface area contributed by atoms with Crippen LogP contribution in [0.3, 0.4) is 0 Å². The lowest BCUT2D eigenvalue weighted by molar-refractivity contribution is 0.435. The van der Waals surface area contributed by atoms with Crippen molar-refractivity contribution in [2.24, 2.45) is 0 Å². The van der Waals surface area contributed by atoms with Gasteiger partial charge < -0.3 is 4.74 Å². The van der Waals surface area contributed by atoms with Gasteiger partial charge in [0.05, 0.1) is 5.69 Å². The maximum Gasteiger partial charge on any atom is 0.321 e. The molecule has 0 fully saturated rings. The molecule has 0 saturated carbocycles. The van der Waals surface area contributed by atoms with E-state index >= 15 is 0 Å². The van der Waals surface area contributed by atoms with Gasteiger partial charge in [0, 0.05) is 23.9 Å². The first kappa shape index (κ1) is 11.0. The van der Waals surface area contributed by atoms with Crippen molar-refractivity contribution in [2.75, 3.05) is 0 Å². The molecule has 82 valence electrons. The normalized spacial score (nSPS) is 10.1. The van der Waals surface area contributed by atoms with Gasteiger partial charge in [-0.3, -0.25) is 4.98 Å². The van der Waals surface area contributed by atoms with Gasteiger partial charge in [-0.25, -0.2) is 9.97 Å². The third-order valence-corrected chi connectivity index (χ3v) is 2.64. The SMILES string of the molecule is Cc1ncccc1Oc1ncc(CBr)cn1. The largest absolute Gasteiger partial charge is 0.422 e. The summed E-state index contributed by atoms with van der Waals surface area (Å²) in [5.41, 5.74) is 1.82. The molecule has 0 aliphatic rings. The van der Waals surface area contributed by atoms with E-state index < -0.39 is 0 Å². The Labute approximate surface area is 102 Å². The summed E-state index contributed by atoms with van der Waals surface area (Å²) < 4.78 is 5.51. The molecule has 0 atom stereocenters. The predicted molar refractivity (Wildman–Crippen MR) is 63.7 cm³/mol. The first-order valence-electron chi connectivity index (χ1n) is 4.76. The minimum Gasteiger partial charge on any atom is -0.422 e. The number of rotatable bonds is 3. The van der Waals surface area contributed by atoms with E-state index in [1.54, 1.807) is 18.6 Å². The van der Waals surface area contributed by atoms with Gasteiger partial charge in [0.15, 0.2) is 5.75 Å². The second-order valence-electron chi connectivity index (χ2n) is 3.20. The van der Waals surface area contributed by atoms with Gasteiger partial charge in [-0.05, 0) is 24.6 Å². The molecule has 5 heteroatoms. The van der Waals surface area contributed by atoms with Crippen LogP contribution in [-0.2, 0) is 5.33 Å². The third-order valence-electron chi connectivity index (χ3n) is 2.00. The molecule has 0 saturated heterocycles. The standard InChI is InChI=1S/C11H10BrN3O/c1-8-10(3-2-4-13-8)16-11-14-6-9(5-12)7-15-11/h2-4,6-7H,5H2,1H3. The van der Waals surface area contributed by atoms with Crippen molar-refractivity contribution >= 4 is 15.9 Å². The summed E-state index contributed by atoms with van der Waals surface area (Å²) in [6, 6.07) is 3.99. The summed E-state index contributed by atoms with van der Waals surface area (Å²) in [5, 5.41) is 0.735. The van der Waals surface area contributed by atoms with Crippen LogP contribution < -0.4 is 4.74 Å². The average Bonchev–Trinajstić information content (AvgIpc) is 2.33. The predicted octanol–water partition coefficient (Wildman–Crippen LogP) is 2.87. The van der Waals surface area contributed by atoms with Gasteiger partial charge in [0.25, 0.3) is 0 Å². The van der Waals surface area contributed by atoms with Gasteiger partial charge in [-0.1, -0.05) is 15.9 Å². The Kier molecular flexibility index (Phi) is 3.46. The first-order chi connectivity index (χ1) is 7.79. The van der Waals surface area contributed by atoms with Crippen molar-refractivity contribution in [1.82, 2.24) is 15.0 Å². The van der Waals surface area contributed by atoms with Crippen LogP contribution in [0.5, 0.6) is 11.8 Å². The molecule has 0 spiro atoms. The Bertz CT molecular complexity index is 473. The number of ether oxygens (including phenoxy) is 1. The Hall–Kier alpha value is -1.49. The second kappa shape index (κ2) is 5.03. The van der Waals surface area contributed by atoms with Gasteiger partial charge in [0.2, 0.25) is 0 Å². The van der Waals surface area contributed by atoms with Crippen molar-refractivity contribution in [3.63, 3.8) is 0 Å². The van der Waals surface area contributed by atoms with Crippen LogP contribution >= 0.6 is 15.9 Å². The van der Waals surface area contributed by atoms with Crippen LogP contribution in [0.15, 0.2) is 30.7 Å². The molecule has 0 bridgehead atoms. The van der Waals surface area contributed by atoms with Gasteiger partial charge in [0.1, 0.15) is 0 Å². The maximum atomic E-state index is 5.51. The van der Waals surface area contributed by atoms with E-state index in [0.717, 1.165) is 16.6 Å². The zero-order valence-corrected chi connectivity index (χ0v) is 10.3. The summed E-state index contributed by atoms with van der Waals surface area (Å²) in [5.74, 6) is 0.675. The highest BCUT2D eigenvalue weighted by atomic mass is 79.9. The number of hydrogen-bond acceptors (Lipinski definition) is 4. The van der Waals surface area contributed by atoms with Crippen molar-refractivity contribution in [2.45, 2.75) is 12.3 Å². The fourth-order valence-electron chi connectivity index (χ4n) is 1.14. The van der Waals surface area contributed by atoms with E-state index in [2.05, 4.69) is 30.9 Å². The van der Waals surface area contributed by atoms with E-state index in [-0.39, 0.29) is 0 Å². The summed E-state index contributed by atoms with van der Waals surface area (Å²) in [6.45, 7) is 1.88. The Morgan fingerprint density at radius 2 is 2.00 bits per heavy atom. The van der Waals surface area contributed by atoms with Crippen LogP contribution in [0.1, 0.15) is 11.3 Å². The molecule has 0 radical (unpaired) electrons. The van der Waals surface area contributed by atoms with Gasteiger partial charge in [-0.15, -0.1) is 0 Å². The average molecular weight is 280 g/mol. The summed E-state index contributed by atoms with van der Waals surface area (Å²) in [4.78, 5) is 12.3. The molecule has 2 aromatic heterocycles. The zero-order valence-electron chi connectivity index (χ0n) is 8.72. The molecule has 4 nitrogen and oxygen atoms in total. The Balaban J connectivity index is 2.18. The molecule has 0 amide bonds. The lowest BCUT2D eigenvalue weighted by atomic mass is 10.3. The molecular weight excluding hydrogens is 270 g/mol. The maximum absolute atomic E-state index is 5.51. The minimum atomic E-state index is 0.334. The Morgan fingerprint density at radius 1 is 1.25 bits per heavy atom. The molecule has 0 unspecified atom stereocenters. The third kappa shape index (κ3) is 2.55. The number of hydrogen-bond donors (Lipinski definition) is 0. The highest BCUT2D eigenvalue weighted by Crippen LogP contribution is 2.19. The quantitative estimate of drug-likeness (QED) is 0.811. The van der Waals surface area contributed by atoms with Gasteiger partial charge >= 0.3 is 6.01 Å². The van der Waals surface area contributed by atoms with E-state index in [4.69, 9.17) is 4.74 Å². The van der Waals surface area contributed by atoms with E-state index in [9.17, 15) is 0 Å². The summed E-state index contributed by atoms with van der Waals surface area (Å²) >= 11 is 3.33. The molecule has 2 aromatic rings. The van der Waals surface area contributed by atoms with Crippen LogP contribution in [-0.4, -0.2) is 15.0 Å². The number of aromatic nitrogens is 3. The lowest BCUT2D eigenvalue weighted by Gasteiger charge is -2.05. The lowest BCUT2D eigenvalue weighted by Crippen LogP contribution is -1.95. The Morgan fingerprint density at radius 3 is 2.62 bits per heavy atom. The van der Waals surface area contributed by atoms with Crippen LogP contribution in [0.4, 0.5) is 0 Å². The van der Waals surface area contributed by atoms with Crippen LogP contribution in [0.2, 0.25) is 0 Å². The van der Waals surface area contributed by atoms with Crippen molar-refractivity contribution < 1.29 is 4.74 Å². The van der Waals surface area contributed by atoms with Gasteiger partial charge in [-0.2, -0.15) is 0 Å². The van der Waals surface area contributed by atoms with Crippen molar-refractivity contribution in [3.8, 4) is 11.8 Å². The van der Waals surface area contributed by atoms with E-state index in [0.29, 0.717) is 11.8 Å². The fourth-order valence-corrected chi connectivity index (χ4v) is 1.43. The molecule has 0 aromatic carbocycles. The van der Waals surface area contributed by atoms with Crippen LogP contribution in [0, 0.1) is 6.92 Å². The molecule has 0 aliphatic carbocycles. The topological polar surface area (TPSA) is 47.9 Å².